The summed E-state index contributed by atoms with van der Waals surface area (Å²) in [7, 11) is 2.13. The Morgan fingerprint density at radius 2 is 1.70 bits per heavy atom. The smallest absolute Gasteiger partial charge is 0.408 e. The summed E-state index contributed by atoms with van der Waals surface area (Å²) in [6.07, 6.45) is -1.50. The molecule has 1 rings (SSSR count). The topological polar surface area (TPSA) is 108 Å². The summed E-state index contributed by atoms with van der Waals surface area (Å²) < 4.78 is 13.7. The van der Waals surface area contributed by atoms with E-state index in [4.69, 9.17) is 4.74 Å². The Balaban J connectivity index is 2.58. The summed E-state index contributed by atoms with van der Waals surface area (Å²) in [5.41, 5.74) is 0.753. The first-order valence-corrected chi connectivity index (χ1v) is 6.64. The largest absolute Gasteiger partial charge is 0.467 e. The second-order valence-electron chi connectivity index (χ2n) is 4.40. The summed E-state index contributed by atoms with van der Waals surface area (Å²) in [6.45, 7) is -0.00842. The third-order valence-electron chi connectivity index (χ3n) is 2.79. The molecule has 1 aromatic rings. The fourth-order valence-corrected chi connectivity index (χ4v) is 1.63. The maximum Gasteiger partial charge on any atom is 0.408 e. The van der Waals surface area contributed by atoms with Crippen LogP contribution in [-0.4, -0.2) is 44.1 Å². The van der Waals surface area contributed by atoms with Gasteiger partial charge < -0.3 is 19.5 Å². The van der Waals surface area contributed by atoms with E-state index in [1.165, 1.54) is 0 Å². The Hall–Kier alpha value is -2.90. The molecule has 0 aliphatic rings. The van der Waals surface area contributed by atoms with E-state index < -0.39 is 36.3 Å². The maximum atomic E-state index is 11.7. The van der Waals surface area contributed by atoms with Gasteiger partial charge in [-0.05, 0) is 5.56 Å². The van der Waals surface area contributed by atoms with Crippen molar-refractivity contribution in [1.82, 2.24) is 5.32 Å². The molecule has 0 heterocycles. The number of nitrogens with one attached hydrogen (secondary N) is 1. The molecule has 1 aromatic carbocycles. The summed E-state index contributed by atoms with van der Waals surface area (Å²) in [4.78, 5) is 45.8. The maximum absolute atomic E-state index is 11.7. The average molecular weight is 323 g/mol. The van der Waals surface area contributed by atoms with Crippen molar-refractivity contribution in [1.29, 1.82) is 0 Å². The van der Waals surface area contributed by atoms with E-state index in [9.17, 15) is 19.2 Å². The molecule has 0 spiro atoms. The van der Waals surface area contributed by atoms with Crippen LogP contribution in [0, 0.1) is 0 Å². The number of hydrogen-bond donors (Lipinski definition) is 1. The minimum atomic E-state index is -1.34. The normalized spacial score (nSPS) is 11.0. The monoisotopic (exact) mass is 323 g/mol. The highest BCUT2D eigenvalue weighted by molar-refractivity contribution is 6.34. The van der Waals surface area contributed by atoms with Crippen molar-refractivity contribution in [2.75, 3.05) is 14.2 Å². The zero-order valence-corrected chi connectivity index (χ0v) is 12.7. The van der Waals surface area contributed by atoms with Crippen molar-refractivity contribution < 1.29 is 33.4 Å². The Morgan fingerprint density at radius 3 is 2.26 bits per heavy atom. The number of amides is 1. The van der Waals surface area contributed by atoms with E-state index >= 15 is 0 Å². The molecule has 0 aromatic heterocycles. The number of ether oxygens (including phenoxy) is 3. The number of hydrogen-bond acceptors (Lipinski definition) is 7. The molecule has 0 aliphatic carbocycles. The number of alkyl carbamates (subject to hydrolysis) is 1. The highest BCUT2D eigenvalue weighted by Crippen LogP contribution is 2.03. The molecule has 1 N–H and O–H groups in total. The lowest BCUT2D eigenvalue weighted by Crippen LogP contribution is -2.44. The van der Waals surface area contributed by atoms with Crippen LogP contribution in [0.25, 0.3) is 0 Å². The summed E-state index contributed by atoms with van der Waals surface area (Å²) in [5.74, 6) is -2.96. The van der Waals surface area contributed by atoms with E-state index in [-0.39, 0.29) is 6.61 Å². The van der Waals surface area contributed by atoms with E-state index in [1.54, 1.807) is 24.3 Å². The minimum Gasteiger partial charge on any atom is -0.467 e. The molecule has 0 bridgehead atoms. The van der Waals surface area contributed by atoms with Crippen molar-refractivity contribution in [2.45, 2.75) is 19.1 Å². The standard InChI is InChI=1S/C15H17NO7/c1-21-13(18)11(8-12(17)14(19)22-2)16-15(20)23-9-10-6-4-3-5-7-10/h3-7,11H,8-9H2,1-2H3,(H,16,20)/t11-/m0/s1. The lowest BCUT2D eigenvalue weighted by Gasteiger charge is -2.15. The van der Waals surface area contributed by atoms with Crippen LogP contribution in [0.1, 0.15) is 12.0 Å². The number of Topliss-reactive ketones (excluding diaryl/α,β-unsaturated/α-hetero) is 1. The quantitative estimate of drug-likeness (QED) is 0.444. The first-order chi connectivity index (χ1) is 11.0. The Morgan fingerprint density at radius 1 is 1.04 bits per heavy atom. The summed E-state index contributed by atoms with van der Waals surface area (Å²) in [6, 6.07) is 7.55. The first-order valence-electron chi connectivity index (χ1n) is 6.64. The van der Waals surface area contributed by atoms with E-state index in [2.05, 4.69) is 14.8 Å². The molecule has 124 valence electrons. The molecule has 23 heavy (non-hydrogen) atoms. The van der Waals surface area contributed by atoms with Gasteiger partial charge in [0.05, 0.1) is 14.2 Å². The molecule has 0 saturated heterocycles. The molecular formula is C15H17NO7. The van der Waals surface area contributed by atoms with Crippen molar-refractivity contribution in [3.8, 4) is 0 Å². The van der Waals surface area contributed by atoms with Gasteiger partial charge in [-0.15, -0.1) is 0 Å². The van der Waals surface area contributed by atoms with Crippen LogP contribution >= 0.6 is 0 Å². The van der Waals surface area contributed by atoms with Gasteiger partial charge in [0.1, 0.15) is 12.6 Å². The average Bonchev–Trinajstić information content (AvgIpc) is 2.58. The first kappa shape index (κ1) is 18.1. The van der Waals surface area contributed by atoms with Gasteiger partial charge >= 0.3 is 18.0 Å². The molecule has 0 aliphatic heterocycles. The highest BCUT2D eigenvalue weighted by Gasteiger charge is 2.28. The van der Waals surface area contributed by atoms with Crippen LogP contribution < -0.4 is 5.32 Å². The molecule has 0 fully saturated rings. The third-order valence-corrected chi connectivity index (χ3v) is 2.79. The van der Waals surface area contributed by atoms with Crippen molar-refractivity contribution in [2.24, 2.45) is 0 Å². The third kappa shape index (κ3) is 6.16. The molecular weight excluding hydrogens is 306 g/mol. The minimum absolute atomic E-state index is 0.00842. The second-order valence-corrected chi connectivity index (χ2v) is 4.40. The Bertz CT molecular complexity index is 570. The van der Waals surface area contributed by atoms with Gasteiger partial charge in [0.15, 0.2) is 0 Å². The van der Waals surface area contributed by atoms with Gasteiger partial charge in [0.25, 0.3) is 0 Å². The number of benzene rings is 1. The van der Waals surface area contributed by atoms with Crippen molar-refractivity contribution in [3.63, 3.8) is 0 Å². The van der Waals surface area contributed by atoms with Crippen molar-refractivity contribution >= 4 is 23.8 Å². The summed E-state index contributed by atoms with van der Waals surface area (Å²) >= 11 is 0. The lowest BCUT2D eigenvalue weighted by molar-refractivity contribution is -0.153. The molecule has 0 unspecified atom stereocenters. The number of rotatable bonds is 7. The predicted octanol–water partition coefficient (Wildman–Crippen LogP) is 0.587. The van der Waals surface area contributed by atoms with Gasteiger partial charge in [0.2, 0.25) is 5.78 Å². The zero-order chi connectivity index (χ0) is 17.2. The van der Waals surface area contributed by atoms with Crippen LogP contribution in [-0.2, 0) is 35.2 Å². The zero-order valence-electron chi connectivity index (χ0n) is 12.7. The van der Waals surface area contributed by atoms with Crippen LogP contribution in [0.2, 0.25) is 0 Å². The van der Waals surface area contributed by atoms with E-state index in [0.29, 0.717) is 0 Å². The van der Waals surface area contributed by atoms with Crippen LogP contribution in [0.4, 0.5) is 4.79 Å². The predicted molar refractivity (Wildman–Crippen MR) is 77.2 cm³/mol. The van der Waals surface area contributed by atoms with E-state index in [1.807, 2.05) is 6.07 Å². The SMILES string of the molecule is COC(=O)C(=O)C[C@H](NC(=O)OCc1ccccc1)C(=O)OC. The number of carbonyl (C=O) groups excluding carboxylic acids is 4. The van der Waals surface area contributed by atoms with Gasteiger partial charge in [-0.2, -0.15) is 0 Å². The molecule has 8 heteroatoms. The van der Waals surface area contributed by atoms with Crippen LogP contribution in [0.5, 0.6) is 0 Å². The Kier molecular flexibility index (Phi) is 7.25. The van der Waals surface area contributed by atoms with Gasteiger partial charge in [-0.25, -0.2) is 14.4 Å². The fraction of sp³-hybridized carbons (Fsp3) is 0.333. The molecule has 1 atom stereocenters. The van der Waals surface area contributed by atoms with Gasteiger partial charge in [0, 0.05) is 6.42 Å². The number of carbonyl (C=O) groups is 4. The molecule has 0 saturated carbocycles. The Labute approximate surface area is 132 Å². The molecule has 0 radical (unpaired) electrons. The number of ketones is 1. The van der Waals surface area contributed by atoms with E-state index in [0.717, 1.165) is 19.8 Å². The van der Waals surface area contributed by atoms with Crippen LogP contribution in [0.15, 0.2) is 30.3 Å². The second kappa shape index (κ2) is 9.19. The van der Waals surface area contributed by atoms with Gasteiger partial charge in [-0.1, -0.05) is 30.3 Å². The fourth-order valence-electron chi connectivity index (χ4n) is 1.63. The van der Waals surface area contributed by atoms with Crippen molar-refractivity contribution in [3.05, 3.63) is 35.9 Å². The number of esters is 2. The highest BCUT2D eigenvalue weighted by atomic mass is 16.6. The molecule has 1 amide bonds. The van der Waals surface area contributed by atoms with Crippen LogP contribution in [0.3, 0.4) is 0 Å². The summed E-state index contributed by atoms with van der Waals surface area (Å²) in [5, 5.41) is 2.18. The lowest BCUT2D eigenvalue weighted by atomic mass is 10.1. The molecule has 8 nitrogen and oxygen atoms in total. The van der Waals surface area contributed by atoms with Gasteiger partial charge in [-0.3, -0.25) is 4.79 Å². The number of methoxy groups -OCH3 is 2.